The van der Waals surface area contributed by atoms with Crippen LogP contribution in [-0.4, -0.2) is 95.0 Å². The van der Waals surface area contributed by atoms with Crippen molar-refractivity contribution < 1.29 is 57.2 Å². The van der Waals surface area contributed by atoms with Gasteiger partial charge in [-0.15, -0.1) is 23.2 Å². The molecule has 70 heavy (non-hydrogen) atoms. The summed E-state index contributed by atoms with van der Waals surface area (Å²) in [5.41, 5.74) is -2.35. The number of Topliss-reactive ketones (excluding diaryl/α,β-unsaturated/α-hetero) is 2. The van der Waals surface area contributed by atoms with E-state index in [0.717, 1.165) is 70.6 Å². The summed E-state index contributed by atoms with van der Waals surface area (Å²) < 4.78 is 36.3. The van der Waals surface area contributed by atoms with E-state index in [0.29, 0.717) is 49.4 Å². The molecule has 0 aromatic rings. The maximum atomic E-state index is 14.4. The fourth-order valence-electron chi connectivity index (χ4n) is 11.3. The van der Waals surface area contributed by atoms with Gasteiger partial charge in [0.1, 0.15) is 28.9 Å². The quantitative estimate of drug-likeness (QED) is 0.0397. The molecule has 0 amide bonds. The fraction of sp³-hybridized carbons (Fsp3) is 0.893. The van der Waals surface area contributed by atoms with Crippen LogP contribution in [0.3, 0.4) is 0 Å². The lowest BCUT2D eigenvalue weighted by Crippen LogP contribution is -2.51. The van der Waals surface area contributed by atoms with Crippen molar-refractivity contribution in [1.29, 1.82) is 0 Å². The average Bonchev–Trinajstić information content (AvgIpc) is 3.24. The summed E-state index contributed by atoms with van der Waals surface area (Å²) in [5.74, 6) is -2.45. The van der Waals surface area contributed by atoms with Gasteiger partial charge in [-0.3, -0.25) is 28.8 Å². The van der Waals surface area contributed by atoms with E-state index in [9.17, 15) is 28.8 Å². The molecule has 2 aliphatic carbocycles. The number of carbonyl (C=O) groups excluding carboxylic acids is 6. The monoisotopic (exact) mass is 1030 g/mol. The molecule has 2 aliphatic heterocycles. The maximum absolute atomic E-state index is 14.4. The molecule has 2 saturated carbocycles. The maximum Gasteiger partial charge on any atom is 0.310 e. The van der Waals surface area contributed by atoms with Gasteiger partial charge in [-0.1, -0.05) is 72.6 Å². The summed E-state index contributed by atoms with van der Waals surface area (Å²) in [4.78, 5) is 79.3. The Morgan fingerprint density at radius 2 is 1.41 bits per heavy atom. The first-order valence-electron chi connectivity index (χ1n) is 27.2. The minimum Gasteiger partial charge on any atom is -0.465 e. The largest absolute Gasteiger partial charge is 0.465 e. The van der Waals surface area contributed by atoms with Crippen LogP contribution in [0.2, 0.25) is 0 Å². The lowest BCUT2D eigenvalue weighted by Gasteiger charge is -2.42. The highest BCUT2D eigenvalue weighted by molar-refractivity contribution is 6.23. The average molecular weight is 1030 g/mol. The first kappa shape index (κ1) is 60.3. The zero-order valence-corrected chi connectivity index (χ0v) is 46.3. The van der Waals surface area contributed by atoms with Crippen molar-refractivity contribution in [3.8, 4) is 0 Å². The van der Waals surface area contributed by atoms with Crippen LogP contribution in [0.1, 0.15) is 210 Å². The summed E-state index contributed by atoms with van der Waals surface area (Å²) in [7, 11) is 0. The Hall–Kier alpha value is -2.28. The molecule has 2 saturated heterocycles. The van der Waals surface area contributed by atoms with Crippen LogP contribution in [-0.2, 0) is 57.2 Å². The van der Waals surface area contributed by atoms with Gasteiger partial charge < -0.3 is 28.4 Å². The number of hydrogen-bond donors (Lipinski definition) is 0. The lowest BCUT2D eigenvalue weighted by molar-refractivity contribution is -0.198. The number of ketones is 2. The first-order valence-corrected chi connectivity index (χ1v) is 28.0. The molecule has 0 bridgehead atoms. The molecule has 0 spiro atoms. The summed E-state index contributed by atoms with van der Waals surface area (Å²) in [6.45, 7) is 19.9. The van der Waals surface area contributed by atoms with Crippen LogP contribution >= 0.6 is 23.2 Å². The SMILES string of the molecule is CC(=O)CCOC1CC(CCC(Cl)C(C)CCCC(C)(C)Cl)CCC1OCC(C(C)=O)C1CC(C)(OC(=O)C2CCC(CCCC(C)CCCC(C)C)CC2C(=O)OC2(C)CCOC(=O)C2)CC(=O)O1. The molecule has 0 N–H and O–H groups in total. The van der Waals surface area contributed by atoms with Gasteiger partial charge in [0, 0.05) is 29.5 Å². The molecule has 402 valence electrons. The van der Waals surface area contributed by atoms with Gasteiger partial charge in [-0.2, -0.15) is 0 Å². The predicted molar refractivity (Wildman–Crippen MR) is 272 cm³/mol. The van der Waals surface area contributed by atoms with Gasteiger partial charge in [-0.05, 0) is 135 Å². The second kappa shape index (κ2) is 28.4. The Morgan fingerprint density at radius 1 is 0.757 bits per heavy atom. The van der Waals surface area contributed by atoms with Crippen LogP contribution in [0.4, 0.5) is 0 Å². The van der Waals surface area contributed by atoms with Gasteiger partial charge in [0.2, 0.25) is 0 Å². The van der Waals surface area contributed by atoms with Crippen LogP contribution < -0.4 is 0 Å². The molecule has 13 atom stereocenters. The van der Waals surface area contributed by atoms with Crippen molar-refractivity contribution in [2.45, 2.75) is 250 Å². The van der Waals surface area contributed by atoms with E-state index in [-0.39, 0.29) is 85.4 Å². The third-order valence-electron chi connectivity index (χ3n) is 15.9. The van der Waals surface area contributed by atoms with Crippen molar-refractivity contribution in [3.05, 3.63) is 0 Å². The molecule has 12 nitrogen and oxygen atoms in total. The van der Waals surface area contributed by atoms with E-state index in [2.05, 4.69) is 27.7 Å². The smallest absolute Gasteiger partial charge is 0.310 e. The molecule has 0 aromatic heterocycles. The predicted octanol–water partition coefficient (Wildman–Crippen LogP) is 12.3. The summed E-state index contributed by atoms with van der Waals surface area (Å²) in [6.07, 6.45) is 14.4. The Morgan fingerprint density at radius 3 is 2.09 bits per heavy atom. The van der Waals surface area contributed by atoms with Crippen molar-refractivity contribution in [2.75, 3.05) is 19.8 Å². The highest BCUT2D eigenvalue weighted by atomic mass is 35.5. The third kappa shape index (κ3) is 20.9. The van der Waals surface area contributed by atoms with E-state index in [1.807, 2.05) is 13.8 Å². The number of cyclic esters (lactones) is 2. The summed E-state index contributed by atoms with van der Waals surface area (Å²) in [6, 6.07) is 0. The highest BCUT2D eigenvalue weighted by Crippen LogP contribution is 2.43. The van der Waals surface area contributed by atoms with E-state index in [1.165, 1.54) is 26.2 Å². The number of carbonyl (C=O) groups is 6. The Labute approximate surface area is 431 Å². The summed E-state index contributed by atoms with van der Waals surface area (Å²) in [5, 5.41) is 0.0497. The zero-order chi connectivity index (χ0) is 51.8. The molecule has 0 aromatic carbocycles. The Kier molecular flexibility index (Phi) is 24.5. The van der Waals surface area contributed by atoms with E-state index in [1.54, 1.807) is 20.8 Å². The van der Waals surface area contributed by atoms with Gasteiger partial charge in [0.25, 0.3) is 0 Å². The highest BCUT2D eigenvalue weighted by Gasteiger charge is 2.50. The third-order valence-corrected chi connectivity index (χ3v) is 16.7. The van der Waals surface area contributed by atoms with Gasteiger partial charge in [-0.25, -0.2) is 0 Å². The standard InChI is InChI=1S/C56H92Cl2O12/c1-36(2)14-11-15-37(3)16-12-18-41-19-22-43(44(30-41)53(64)69-55(9)27-29-66-50(61)33-55)52(63)70-56(10)32-49(68-51(62)34-56)45(40(6)60)35-67-47-24-21-42(31-48(47)65-28-25-39(5)59)20-23-46(57)38(4)17-13-26-54(7,8)58/h36-38,41-49H,11-35H2,1-10H3. The van der Waals surface area contributed by atoms with Gasteiger partial charge >= 0.3 is 23.9 Å². The van der Waals surface area contributed by atoms with Crippen LogP contribution in [0, 0.1) is 47.3 Å². The summed E-state index contributed by atoms with van der Waals surface area (Å²) >= 11 is 13.3. The number of ether oxygens (including phenoxy) is 6. The first-order chi connectivity index (χ1) is 32.8. The minimum absolute atomic E-state index is 0.0272. The van der Waals surface area contributed by atoms with Crippen molar-refractivity contribution in [1.82, 2.24) is 0 Å². The van der Waals surface area contributed by atoms with Crippen molar-refractivity contribution >= 4 is 58.6 Å². The number of alkyl halides is 2. The van der Waals surface area contributed by atoms with Gasteiger partial charge in [0.05, 0.1) is 62.6 Å². The molecular formula is C56H92Cl2O12. The number of hydrogen-bond acceptors (Lipinski definition) is 12. The molecule has 4 fully saturated rings. The molecule has 4 rings (SSSR count). The normalized spacial score (nSPS) is 30.4. The van der Waals surface area contributed by atoms with E-state index < -0.39 is 58.9 Å². The van der Waals surface area contributed by atoms with Crippen LogP contribution in [0.5, 0.6) is 0 Å². The molecule has 0 radical (unpaired) electrons. The van der Waals surface area contributed by atoms with Crippen molar-refractivity contribution in [3.63, 3.8) is 0 Å². The molecule has 14 heteroatoms. The molecule has 13 unspecified atom stereocenters. The van der Waals surface area contributed by atoms with E-state index in [4.69, 9.17) is 51.6 Å². The Balaban J connectivity index is 1.40. The minimum atomic E-state index is -1.31. The molecule has 2 heterocycles. The second-order valence-electron chi connectivity index (χ2n) is 23.9. The lowest BCUT2D eigenvalue weighted by atomic mass is 9.72. The number of rotatable bonds is 29. The fourth-order valence-corrected chi connectivity index (χ4v) is 11.7. The van der Waals surface area contributed by atoms with Crippen LogP contribution in [0.15, 0.2) is 0 Å². The van der Waals surface area contributed by atoms with Crippen molar-refractivity contribution in [2.24, 2.45) is 47.3 Å². The zero-order valence-electron chi connectivity index (χ0n) is 44.8. The molecule has 4 aliphatic rings. The number of halogens is 2. The van der Waals surface area contributed by atoms with Gasteiger partial charge in [0.15, 0.2) is 0 Å². The Bertz CT molecular complexity index is 1700. The second-order valence-corrected chi connectivity index (χ2v) is 25.4. The molecular weight excluding hydrogens is 936 g/mol. The number of esters is 4. The topological polar surface area (TPSA) is 158 Å². The van der Waals surface area contributed by atoms with Crippen LogP contribution in [0.25, 0.3) is 0 Å². The van der Waals surface area contributed by atoms with E-state index >= 15 is 0 Å².